The first-order valence-corrected chi connectivity index (χ1v) is 15.6. The standard InChI is InChI=1S/C30H62O9/c1-2-3-4-5-6-7-8-9-10-11-12-13-15-32-17-19-34-21-23-36-25-27-38-29-30-39-28-26-37-24-22-35-20-18-33-16-14-31/h31H,2-30H2,1H3. The Morgan fingerprint density at radius 2 is 0.513 bits per heavy atom. The molecule has 0 bridgehead atoms. The molecule has 0 rings (SSSR count). The molecular formula is C30H62O9. The molecule has 0 atom stereocenters. The van der Waals surface area contributed by atoms with Crippen LogP contribution in [0.15, 0.2) is 0 Å². The van der Waals surface area contributed by atoms with E-state index in [4.69, 9.17) is 43.0 Å². The highest BCUT2D eigenvalue weighted by atomic mass is 16.6. The van der Waals surface area contributed by atoms with Crippen LogP contribution in [0.4, 0.5) is 0 Å². The Kier molecular flexibility index (Phi) is 37.3. The molecule has 0 aliphatic rings. The molecule has 0 heterocycles. The minimum Gasteiger partial charge on any atom is -0.394 e. The van der Waals surface area contributed by atoms with E-state index in [1.807, 2.05) is 0 Å². The molecule has 0 aromatic carbocycles. The fourth-order valence-electron chi connectivity index (χ4n) is 3.75. The predicted octanol–water partition coefficient (Wildman–Crippen LogP) is 4.81. The van der Waals surface area contributed by atoms with Gasteiger partial charge in [-0.1, -0.05) is 77.6 Å². The second kappa shape index (κ2) is 37.6. The fraction of sp³-hybridized carbons (Fsp3) is 1.00. The van der Waals surface area contributed by atoms with Crippen molar-refractivity contribution in [2.45, 2.75) is 84.0 Å². The molecule has 1 N–H and O–H groups in total. The smallest absolute Gasteiger partial charge is 0.0701 e. The number of aliphatic hydroxyl groups excluding tert-OH is 1. The van der Waals surface area contributed by atoms with Gasteiger partial charge in [0.2, 0.25) is 0 Å². The van der Waals surface area contributed by atoms with Gasteiger partial charge in [0, 0.05) is 6.61 Å². The van der Waals surface area contributed by atoms with Crippen LogP contribution in [0.1, 0.15) is 84.0 Å². The topological polar surface area (TPSA) is 94.1 Å². The third kappa shape index (κ3) is 37.6. The van der Waals surface area contributed by atoms with E-state index in [0.29, 0.717) is 99.1 Å². The van der Waals surface area contributed by atoms with Gasteiger partial charge >= 0.3 is 0 Å². The molecular weight excluding hydrogens is 504 g/mol. The van der Waals surface area contributed by atoms with Crippen molar-refractivity contribution in [2.24, 2.45) is 0 Å². The SMILES string of the molecule is CCCCCCCCCCCCCCOCCOCCOCCOCCOCCOCCOCCOCCO. The maximum absolute atomic E-state index is 8.57. The highest BCUT2D eigenvalue weighted by Crippen LogP contribution is 2.11. The van der Waals surface area contributed by atoms with Crippen LogP contribution in [0.2, 0.25) is 0 Å². The van der Waals surface area contributed by atoms with Crippen molar-refractivity contribution in [3.63, 3.8) is 0 Å². The Hall–Kier alpha value is -0.360. The molecule has 0 aromatic rings. The van der Waals surface area contributed by atoms with Crippen molar-refractivity contribution in [3.8, 4) is 0 Å². The molecule has 0 aliphatic carbocycles. The van der Waals surface area contributed by atoms with Crippen LogP contribution in [-0.4, -0.2) is 117 Å². The summed E-state index contributed by atoms with van der Waals surface area (Å²) in [5, 5.41) is 8.57. The minimum absolute atomic E-state index is 0.0352. The van der Waals surface area contributed by atoms with Gasteiger partial charge in [-0.3, -0.25) is 0 Å². The first kappa shape index (κ1) is 38.6. The molecule has 0 fully saturated rings. The second-order valence-corrected chi connectivity index (χ2v) is 9.51. The summed E-state index contributed by atoms with van der Waals surface area (Å²) >= 11 is 0. The number of aliphatic hydroxyl groups is 1. The Balaban J connectivity index is 3.01. The van der Waals surface area contributed by atoms with E-state index in [1.165, 1.54) is 70.6 Å². The molecule has 0 amide bonds. The maximum Gasteiger partial charge on any atom is 0.0701 e. The van der Waals surface area contributed by atoms with E-state index in [2.05, 4.69) is 6.92 Å². The van der Waals surface area contributed by atoms with Crippen LogP contribution < -0.4 is 0 Å². The lowest BCUT2D eigenvalue weighted by Gasteiger charge is -2.08. The van der Waals surface area contributed by atoms with E-state index in [-0.39, 0.29) is 6.61 Å². The Morgan fingerprint density at radius 1 is 0.282 bits per heavy atom. The first-order chi connectivity index (χ1) is 19.4. The second-order valence-electron chi connectivity index (χ2n) is 9.51. The third-order valence-corrected chi connectivity index (χ3v) is 5.98. The van der Waals surface area contributed by atoms with Gasteiger partial charge in [-0.25, -0.2) is 0 Å². The molecule has 0 aliphatic heterocycles. The normalized spacial score (nSPS) is 11.5. The first-order valence-electron chi connectivity index (χ1n) is 15.6. The van der Waals surface area contributed by atoms with Crippen LogP contribution in [0.25, 0.3) is 0 Å². The maximum atomic E-state index is 8.57. The summed E-state index contributed by atoms with van der Waals surface area (Å²) in [7, 11) is 0. The van der Waals surface area contributed by atoms with Crippen molar-refractivity contribution in [1.29, 1.82) is 0 Å². The molecule has 0 unspecified atom stereocenters. The van der Waals surface area contributed by atoms with E-state index in [0.717, 1.165) is 13.0 Å². The molecule has 236 valence electrons. The van der Waals surface area contributed by atoms with Gasteiger partial charge in [-0.2, -0.15) is 0 Å². The molecule has 0 radical (unpaired) electrons. The van der Waals surface area contributed by atoms with Crippen molar-refractivity contribution in [1.82, 2.24) is 0 Å². The quantitative estimate of drug-likeness (QED) is 0.107. The number of ether oxygens (including phenoxy) is 8. The number of rotatable bonds is 36. The van der Waals surface area contributed by atoms with Crippen molar-refractivity contribution < 1.29 is 43.0 Å². The van der Waals surface area contributed by atoms with Crippen molar-refractivity contribution in [2.75, 3.05) is 112 Å². The van der Waals surface area contributed by atoms with E-state index >= 15 is 0 Å². The fourth-order valence-corrected chi connectivity index (χ4v) is 3.75. The lowest BCUT2D eigenvalue weighted by Crippen LogP contribution is -2.15. The van der Waals surface area contributed by atoms with Gasteiger partial charge in [-0.15, -0.1) is 0 Å². The highest BCUT2D eigenvalue weighted by Gasteiger charge is 1.96. The average molecular weight is 567 g/mol. The van der Waals surface area contributed by atoms with Gasteiger partial charge in [0.1, 0.15) is 0 Å². The lowest BCUT2D eigenvalue weighted by atomic mass is 10.1. The number of hydrogen-bond donors (Lipinski definition) is 1. The van der Waals surface area contributed by atoms with Crippen LogP contribution in [-0.2, 0) is 37.9 Å². The molecule has 0 spiro atoms. The molecule has 0 aromatic heterocycles. The Labute approximate surface area is 239 Å². The van der Waals surface area contributed by atoms with Crippen molar-refractivity contribution >= 4 is 0 Å². The monoisotopic (exact) mass is 566 g/mol. The summed E-state index contributed by atoms with van der Waals surface area (Å²) in [5.41, 5.74) is 0. The highest BCUT2D eigenvalue weighted by molar-refractivity contribution is 4.48. The number of unbranched alkanes of at least 4 members (excludes halogenated alkanes) is 11. The van der Waals surface area contributed by atoms with Crippen LogP contribution in [0.5, 0.6) is 0 Å². The van der Waals surface area contributed by atoms with Gasteiger partial charge in [-0.05, 0) is 6.42 Å². The molecule has 9 nitrogen and oxygen atoms in total. The van der Waals surface area contributed by atoms with Gasteiger partial charge in [0.15, 0.2) is 0 Å². The van der Waals surface area contributed by atoms with Crippen LogP contribution >= 0.6 is 0 Å². The van der Waals surface area contributed by atoms with E-state index in [1.54, 1.807) is 0 Å². The van der Waals surface area contributed by atoms with Gasteiger partial charge in [0.25, 0.3) is 0 Å². The van der Waals surface area contributed by atoms with Gasteiger partial charge < -0.3 is 43.0 Å². The predicted molar refractivity (Wildman–Crippen MR) is 155 cm³/mol. The zero-order chi connectivity index (χ0) is 28.2. The molecule has 39 heavy (non-hydrogen) atoms. The molecule has 0 saturated heterocycles. The lowest BCUT2D eigenvalue weighted by molar-refractivity contribution is -0.0238. The third-order valence-electron chi connectivity index (χ3n) is 5.98. The summed E-state index contributed by atoms with van der Waals surface area (Å²) in [5.74, 6) is 0. The van der Waals surface area contributed by atoms with Crippen LogP contribution in [0, 0.1) is 0 Å². The van der Waals surface area contributed by atoms with Gasteiger partial charge in [0.05, 0.1) is 106 Å². The van der Waals surface area contributed by atoms with E-state index in [9.17, 15) is 0 Å². The summed E-state index contributed by atoms with van der Waals surface area (Å²) in [4.78, 5) is 0. The summed E-state index contributed by atoms with van der Waals surface area (Å²) in [6.07, 6.45) is 16.4. The van der Waals surface area contributed by atoms with Crippen molar-refractivity contribution in [3.05, 3.63) is 0 Å². The zero-order valence-corrected chi connectivity index (χ0v) is 25.2. The summed E-state index contributed by atoms with van der Waals surface area (Å²) in [6, 6.07) is 0. The Morgan fingerprint density at radius 3 is 0.795 bits per heavy atom. The zero-order valence-electron chi connectivity index (χ0n) is 25.2. The molecule has 0 saturated carbocycles. The van der Waals surface area contributed by atoms with Crippen LogP contribution in [0.3, 0.4) is 0 Å². The largest absolute Gasteiger partial charge is 0.394 e. The number of hydrogen-bond acceptors (Lipinski definition) is 9. The summed E-state index contributed by atoms with van der Waals surface area (Å²) < 4.78 is 43.4. The average Bonchev–Trinajstić information content (AvgIpc) is 2.95. The summed E-state index contributed by atoms with van der Waals surface area (Å²) in [6.45, 7) is 11.1. The minimum atomic E-state index is 0.0352. The molecule has 9 heteroatoms. The Bertz CT molecular complexity index is 380. The van der Waals surface area contributed by atoms with E-state index < -0.39 is 0 Å².